The molecule has 2 amide bonds. The smallest absolute Gasteiger partial charge is 0.317 e. The van der Waals surface area contributed by atoms with Crippen molar-refractivity contribution >= 4 is 6.03 Å². The molecule has 4 nitrogen and oxygen atoms in total. The lowest BCUT2D eigenvalue weighted by atomic mass is 10.0. The first-order valence-corrected chi connectivity index (χ1v) is 6.84. The molecule has 2 rings (SSSR count). The van der Waals surface area contributed by atoms with Gasteiger partial charge in [-0.05, 0) is 31.6 Å². The molecule has 4 heteroatoms. The molecule has 0 spiro atoms. The summed E-state index contributed by atoms with van der Waals surface area (Å²) in [5.41, 5.74) is -0.642. The molecular formula is C13H24N2O2. The second-order valence-electron chi connectivity index (χ2n) is 5.78. The molecule has 1 atom stereocenters. The lowest BCUT2D eigenvalue weighted by molar-refractivity contribution is 0.0478. The average Bonchev–Trinajstić information content (AvgIpc) is 2.74. The van der Waals surface area contributed by atoms with Crippen LogP contribution in [-0.2, 0) is 0 Å². The molecule has 0 aromatic heterocycles. The number of urea groups is 1. The van der Waals surface area contributed by atoms with Crippen molar-refractivity contribution in [3.05, 3.63) is 0 Å². The number of nitrogens with one attached hydrogen (secondary N) is 1. The summed E-state index contributed by atoms with van der Waals surface area (Å²) in [5, 5.41) is 13.0. The zero-order chi connectivity index (χ0) is 12.3. The monoisotopic (exact) mass is 240 g/mol. The fourth-order valence-electron chi connectivity index (χ4n) is 2.94. The van der Waals surface area contributed by atoms with Crippen molar-refractivity contribution in [1.29, 1.82) is 0 Å². The van der Waals surface area contributed by atoms with Gasteiger partial charge in [-0.2, -0.15) is 0 Å². The van der Waals surface area contributed by atoms with Crippen LogP contribution in [0.4, 0.5) is 4.79 Å². The molecule has 1 unspecified atom stereocenters. The maximum absolute atomic E-state index is 11.9. The van der Waals surface area contributed by atoms with Gasteiger partial charge in [0.2, 0.25) is 0 Å². The Morgan fingerprint density at radius 1 is 1.41 bits per heavy atom. The second kappa shape index (κ2) is 5.25. The highest BCUT2D eigenvalue weighted by Gasteiger charge is 2.32. The summed E-state index contributed by atoms with van der Waals surface area (Å²) >= 11 is 0. The van der Waals surface area contributed by atoms with E-state index in [2.05, 4.69) is 12.2 Å². The highest BCUT2D eigenvalue weighted by molar-refractivity contribution is 5.74. The predicted molar refractivity (Wildman–Crippen MR) is 66.8 cm³/mol. The van der Waals surface area contributed by atoms with Crippen LogP contribution in [-0.4, -0.2) is 41.3 Å². The number of carbonyl (C=O) groups is 1. The third-order valence-electron chi connectivity index (χ3n) is 4.05. The molecule has 0 aromatic rings. The van der Waals surface area contributed by atoms with Crippen LogP contribution in [0.3, 0.4) is 0 Å². The summed E-state index contributed by atoms with van der Waals surface area (Å²) < 4.78 is 0. The second-order valence-corrected chi connectivity index (χ2v) is 5.78. The molecule has 1 heterocycles. The Labute approximate surface area is 103 Å². The van der Waals surface area contributed by atoms with Gasteiger partial charge in [-0.25, -0.2) is 4.79 Å². The highest BCUT2D eigenvalue weighted by Crippen LogP contribution is 2.28. The van der Waals surface area contributed by atoms with Crippen LogP contribution in [0.1, 0.15) is 45.4 Å². The molecule has 2 aliphatic rings. The van der Waals surface area contributed by atoms with E-state index in [-0.39, 0.29) is 6.03 Å². The average molecular weight is 240 g/mol. The summed E-state index contributed by atoms with van der Waals surface area (Å²) in [7, 11) is 0. The van der Waals surface area contributed by atoms with Crippen LogP contribution in [0, 0.1) is 5.92 Å². The Morgan fingerprint density at radius 2 is 2.12 bits per heavy atom. The maximum atomic E-state index is 11.9. The summed E-state index contributed by atoms with van der Waals surface area (Å²) in [6, 6.07) is -0.00289. The summed E-state index contributed by atoms with van der Waals surface area (Å²) in [4.78, 5) is 13.8. The number of piperidine rings is 1. The van der Waals surface area contributed by atoms with E-state index >= 15 is 0 Å². The van der Waals surface area contributed by atoms with E-state index in [1.54, 1.807) is 0 Å². The van der Waals surface area contributed by atoms with Crippen LogP contribution in [0.5, 0.6) is 0 Å². The summed E-state index contributed by atoms with van der Waals surface area (Å²) in [5.74, 6) is 0.601. The quantitative estimate of drug-likeness (QED) is 0.772. The van der Waals surface area contributed by atoms with Gasteiger partial charge in [-0.15, -0.1) is 0 Å². The van der Waals surface area contributed by atoms with Gasteiger partial charge >= 0.3 is 6.03 Å². The van der Waals surface area contributed by atoms with Crippen molar-refractivity contribution in [2.24, 2.45) is 5.92 Å². The van der Waals surface area contributed by atoms with E-state index in [0.717, 1.165) is 45.2 Å². The number of amides is 2. The Kier molecular flexibility index (Phi) is 3.92. The number of rotatable bonds is 2. The van der Waals surface area contributed by atoms with Crippen molar-refractivity contribution < 1.29 is 9.90 Å². The third-order valence-corrected chi connectivity index (χ3v) is 4.05. The Morgan fingerprint density at radius 3 is 2.76 bits per heavy atom. The van der Waals surface area contributed by atoms with E-state index < -0.39 is 5.60 Å². The SMILES string of the molecule is CC1CCCN(C(=O)NCC2(O)CCCC2)C1. The van der Waals surface area contributed by atoms with Crippen LogP contribution in [0.25, 0.3) is 0 Å². The van der Waals surface area contributed by atoms with Crippen LogP contribution in [0.15, 0.2) is 0 Å². The number of hydrogen-bond acceptors (Lipinski definition) is 2. The van der Waals surface area contributed by atoms with Gasteiger partial charge < -0.3 is 15.3 Å². The van der Waals surface area contributed by atoms with Crippen LogP contribution < -0.4 is 5.32 Å². The molecule has 0 radical (unpaired) electrons. The van der Waals surface area contributed by atoms with E-state index in [9.17, 15) is 9.90 Å². The third kappa shape index (κ3) is 3.35. The molecule has 1 aliphatic carbocycles. The van der Waals surface area contributed by atoms with Gasteiger partial charge in [-0.3, -0.25) is 0 Å². The lowest BCUT2D eigenvalue weighted by Crippen LogP contribution is -2.49. The van der Waals surface area contributed by atoms with E-state index in [0.29, 0.717) is 12.5 Å². The van der Waals surface area contributed by atoms with Crippen molar-refractivity contribution in [3.63, 3.8) is 0 Å². The molecular weight excluding hydrogens is 216 g/mol. The molecule has 2 fully saturated rings. The first-order valence-electron chi connectivity index (χ1n) is 6.84. The predicted octanol–water partition coefficient (Wildman–Crippen LogP) is 1.73. The van der Waals surface area contributed by atoms with Gasteiger partial charge in [0.05, 0.1) is 5.60 Å². The Balaban J connectivity index is 1.76. The first kappa shape index (κ1) is 12.7. The maximum Gasteiger partial charge on any atom is 0.317 e. The van der Waals surface area contributed by atoms with E-state index in [4.69, 9.17) is 0 Å². The first-order chi connectivity index (χ1) is 8.09. The van der Waals surface area contributed by atoms with E-state index in [1.165, 1.54) is 6.42 Å². The molecule has 2 N–H and O–H groups in total. The lowest BCUT2D eigenvalue weighted by Gasteiger charge is -2.32. The molecule has 0 bridgehead atoms. The van der Waals surface area contributed by atoms with Gasteiger partial charge in [0.25, 0.3) is 0 Å². The molecule has 0 aromatic carbocycles. The van der Waals surface area contributed by atoms with Gasteiger partial charge in [-0.1, -0.05) is 19.8 Å². The van der Waals surface area contributed by atoms with Crippen molar-refractivity contribution in [2.45, 2.75) is 51.0 Å². The number of likely N-dealkylation sites (tertiary alicyclic amines) is 1. The zero-order valence-corrected chi connectivity index (χ0v) is 10.7. The van der Waals surface area contributed by atoms with Crippen molar-refractivity contribution in [2.75, 3.05) is 19.6 Å². The van der Waals surface area contributed by atoms with Crippen LogP contribution >= 0.6 is 0 Å². The minimum atomic E-state index is -0.642. The highest BCUT2D eigenvalue weighted by atomic mass is 16.3. The molecule has 1 saturated carbocycles. The van der Waals surface area contributed by atoms with E-state index in [1.807, 2.05) is 4.90 Å². The number of hydrogen-bond donors (Lipinski definition) is 2. The zero-order valence-electron chi connectivity index (χ0n) is 10.7. The molecule has 17 heavy (non-hydrogen) atoms. The fraction of sp³-hybridized carbons (Fsp3) is 0.923. The number of carbonyl (C=O) groups excluding carboxylic acids is 1. The topological polar surface area (TPSA) is 52.6 Å². The Hall–Kier alpha value is -0.770. The van der Waals surface area contributed by atoms with Crippen LogP contribution in [0.2, 0.25) is 0 Å². The van der Waals surface area contributed by atoms with Gasteiger partial charge in [0, 0.05) is 19.6 Å². The molecule has 1 aliphatic heterocycles. The minimum Gasteiger partial charge on any atom is -0.388 e. The molecule has 98 valence electrons. The largest absolute Gasteiger partial charge is 0.388 e. The minimum absolute atomic E-state index is 0.00289. The van der Waals surface area contributed by atoms with Crippen molar-refractivity contribution in [3.8, 4) is 0 Å². The van der Waals surface area contributed by atoms with Gasteiger partial charge in [0.1, 0.15) is 0 Å². The normalized spacial score (nSPS) is 28.1. The summed E-state index contributed by atoms with van der Waals surface area (Å²) in [6.45, 7) is 4.31. The number of aliphatic hydroxyl groups is 1. The Bertz CT molecular complexity index is 275. The fourth-order valence-corrected chi connectivity index (χ4v) is 2.94. The summed E-state index contributed by atoms with van der Waals surface area (Å²) in [6.07, 6.45) is 6.11. The van der Waals surface area contributed by atoms with Crippen molar-refractivity contribution in [1.82, 2.24) is 10.2 Å². The number of nitrogens with zero attached hydrogens (tertiary/aromatic N) is 1. The standard InChI is InChI=1S/C13H24N2O2/c1-11-5-4-8-15(9-11)12(16)14-10-13(17)6-2-3-7-13/h11,17H,2-10H2,1H3,(H,14,16). The van der Waals surface area contributed by atoms with Gasteiger partial charge in [0.15, 0.2) is 0 Å². The molecule has 1 saturated heterocycles.